The molecule has 0 aromatic heterocycles. The first-order valence-electron chi connectivity index (χ1n) is 4.84. The molecule has 1 heteroatoms. The lowest BCUT2D eigenvalue weighted by Crippen LogP contribution is -1.98. The van der Waals surface area contributed by atoms with Gasteiger partial charge in [0.1, 0.15) is 0 Å². The highest BCUT2D eigenvalue weighted by atomic mass is 14.5. The third kappa shape index (κ3) is 9.96. The predicted octanol–water partition coefficient (Wildman–Crippen LogP) is 2.76. The molecule has 67 valence electrons. The lowest BCUT2D eigenvalue weighted by molar-refractivity contribution is 0.739. The molecule has 1 fully saturated rings. The van der Waals surface area contributed by atoms with Gasteiger partial charge in [-0.3, -0.25) is 0 Å². The molecular formula is C10H22N. The maximum Gasteiger partial charge on any atom is -0.00746 e. The van der Waals surface area contributed by atoms with Crippen molar-refractivity contribution in [1.29, 1.82) is 0 Å². The average molecular weight is 156 g/mol. The summed E-state index contributed by atoms with van der Waals surface area (Å²) in [7, 11) is 0. The van der Waals surface area contributed by atoms with Crippen LogP contribution in [0.5, 0.6) is 0 Å². The summed E-state index contributed by atoms with van der Waals surface area (Å²) >= 11 is 0. The third-order valence-corrected chi connectivity index (χ3v) is 1.88. The largest absolute Gasteiger partial charge is 0.330 e. The van der Waals surface area contributed by atoms with Gasteiger partial charge in [-0.1, -0.05) is 46.0 Å². The normalized spacial score (nSPS) is 15.5. The van der Waals surface area contributed by atoms with Crippen molar-refractivity contribution in [1.82, 2.24) is 0 Å². The van der Waals surface area contributed by atoms with E-state index in [9.17, 15) is 0 Å². The maximum atomic E-state index is 5.27. The second-order valence-corrected chi connectivity index (χ2v) is 3.23. The molecule has 0 saturated heterocycles. The highest BCUT2D eigenvalue weighted by molar-refractivity contribution is 4.72. The zero-order valence-electron chi connectivity index (χ0n) is 7.81. The first kappa shape index (κ1) is 11.0. The second kappa shape index (κ2) is 8.06. The van der Waals surface area contributed by atoms with Gasteiger partial charge in [0.25, 0.3) is 0 Å². The molecule has 0 spiro atoms. The van der Waals surface area contributed by atoms with E-state index in [2.05, 4.69) is 13.8 Å². The van der Waals surface area contributed by atoms with Crippen LogP contribution in [0.4, 0.5) is 0 Å². The summed E-state index contributed by atoms with van der Waals surface area (Å²) in [6.07, 6.45) is 7.80. The molecule has 1 rings (SSSR count). The Balaban J connectivity index is 0.000000187. The summed E-state index contributed by atoms with van der Waals surface area (Å²) in [5, 5.41) is 0. The molecular weight excluding hydrogens is 134 g/mol. The van der Waals surface area contributed by atoms with Gasteiger partial charge in [0, 0.05) is 0 Å². The van der Waals surface area contributed by atoms with Crippen LogP contribution in [0.1, 0.15) is 45.4 Å². The SMILES string of the molecule is NCCC1CC1.[CH2]CCCC. The molecule has 11 heavy (non-hydrogen) atoms. The molecule has 0 amide bonds. The first-order chi connectivity index (χ1) is 5.35. The Labute approximate surface area is 71.4 Å². The predicted molar refractivity (Wildman–Crippen MR) is 51.3 cm³/mol. The Morgan fingerprint density at radius 2 is 2.09 bits per heavy atom. The molecule has 0 aromatic carbocycles. The van der Waals surface area contributed by atoms with Crippen LogP contribution >= 0.6 is 0 Å². The van der Waals surface area contributed by atoms with E-state index in [1.165, 1.54) is 32.1 Å². The van der Waals surface area contributed by atoms with Gasteiger partial charge in [-0.2, -0.15) is 0 Å². The van der Waals surface area contributed by atoms with Gasteiger partial charge in [0.15, 0.2) is 0 Å². The molecule has 1 saturated carbocycles. The second-order valence-electron chi connectivity index (χ2n) is 3.23. The van der Waals surface area contributed by atoms with Crippen LogP contribution in [0.3, 0.4) is 0 Å². The Bertz CT molecular complexity index is 65.3. The van der Waals surface area contributed by atoms with E-state index in [1.54, 1.807) is 0 Å². The van der Waals surface area contributed by atoms with Crippen molar-refractivity contribution in [2.75, 3.05) is 6.54 Å². The van der Waals surface area contributed by atoms with Crippen molar-refractivity contribution < 1.29 is 0 Å². The van der Waals surface area contributed by atoms with Crippen LogP contribution < -0.4 is 5.73 Å². The Morgan fingerprint density at radius 3 is 2.18 bits per heavy atom. The summed E-state index contributed by atoms with van der Waals surface area (Å²) in [6, 6.07) is 0. The van der Waals surface area contributed by atoms with Crippen molar-refractivity contribution in [2.45, 2.75) is 45.4 Å². The molecule has 1 radical (unpaired) electrons. The molecule has 0 aromatic rings. The third-order valence-electron chi connectivity index (χ3n) is 1.88. The molecule has 0 bridgehead atoms. The van der Waals surface area contributed by atoms with Crippen LogP contribution in [0.15, 0.2) is 0 Å². The van der Waals surface area contributed by atoms with Crippen molar-refractivity contribution in [3.63, 3.8) is 0 Å². The maximum absolute atomic E-state index is 5.27. The van der Waals surface area contributed by atoms with E-state index in [-0.39, 0.29) is 0 Å². The smallest absolute Gasteiger partial charge is 0.00746 e. The fourth-order valence-electron chi connectivity index (χ4n) is 0.892. The van der Waals surface area contributed by atoms with Crippen LogP contribution in [0.25, 0.3) is 0 Å². The molecule has 1 nitrogen and oxygen atoms in total. The molecule has 1 aliphatic rings. The topological polar surface area (TPSA) is 26.0 Å². The number of rotatable bonds is 4. The van der Waals surface area contributed by atoms with Crippen molar-refractivity contribution in [3.05, 3.63) is 6.92 Å². The van der Waals surface area contributed by atoms with Crippen molar-refractivity contribution >= 4 is 0 Å². The number of unbranched alkanes of at least 4 members (excludes halogenated alkanes) is 2. The Hall–Kier alpha value is -0.0400. The van der Waals surface area contributed by atoms with Crippen LogP contribution in [-0.2, 0) is 0 Å². The minimum Gasteiger partial charge on any atom is -0.330 e. The minimum absolute atomic E-state index is 0.894. The van der Waals surface area contributed by atoms with Gasteiger partial charge in [-0.05, 0) is 18.9 Å². The van der Waals surface area contributed by atoms with E-state index < -0.39 is 0 Å². The Kier molecular flexibility index (Phi) is 8.03. The van der Waals surface area contributed by atoms with Gasteiger partial charge < -0.3 is 5.73 Å². The highest BCUT2D eigenvalue weighted by Gasteiger charge is 2.18. The molecule has 2 N–H and O–H groups in total. The van der Waals surface area contributed by atoms with E-state index in [4.69, 9.17) is 5.73 Å². The van der Waals surface area contributed by atoms with Gasteiger partial charge in [0.2, 0.25) is 0 Å². The quantitative estimate of drug-likeness (QED) is 0.665. The Morgan fingerprint density at radius 1 is 1.45 bits per heavy atom. The van der Waals surface area contributed by atoms with Gasteiger partial charge in [-0.15, -0.1) is 0 Å². The zero-order valence-corrected chi connectivity index (χ0v) is 7.81. The summed E-state index contributed by atoms with van der Waals surface area (Å²) in [5.41, 5.74) is 5.27. The van der Waals surface area contributed by atoms with E-state index in [0.29, 0.717) is 0 Å². The lowest BCUT2D eigenvalue weighted by atomic mass is 10.3. The van der Waals surface area contributed by atoms with E-state index >= 15 is 0 Å². The highest BCUT2D eigenvalue weighted by Crippen LogP contribution is 2.31. The molecule has 0 heterocycles. The van der Waals surface area contributed by atoms with Gasteiger partial charge >= 0.3 is 0 Å². The average Bonchev–Trinajstić information content (AvgIpc) is 2.76. The number of hydrogen-bond donors (Lipinski definition) is 1. The lowest BCUT2D eigenvalue weighted by Gasteiger charge is -1.83. The van der Waals surface area contributed by atoms with Crippen molar-refractivity contribution in [2.24, 2.45) is 11.7 Å². The van der Waals surface area contributed by atoms with Crippen molar-refractivity contribution in [3.8, 4) is 0 Å². The monoisotopic (exact) mass is 156 g/mol. The minimum atomic E-state index is 0.894. The van der Waals surface area contributed by atoms with Gasteiger partial charge in [0.05, 0.1) is 0 Å². The fraction of sp³-hybridized carbons (Fsp3) is 0.900. The number of hydrogen-bond acceptors (Lipinski definition) is 1. The molecule has 0 unspecified atom stereocenters. The molecule has 1 aliphatic carbocycles. The summed E-state index contributed by atoms with van der Waals surface area (Å²) in [5.74, 6) is 1.02. The fourth-order valence-corrected chi connectivity index (χ4v) is 0.892. The van der Waals surface area contributed by atoms with Crippen LogP contribution in [-0.4, -0.2) is 6.54 Å². The van der Waals surface area contributed by atoms with E-state index in [1.807, 2.05) is 0 Å². The molecule has 0 atom stereocenters. The number of nitrogens with two attached hydrogens (primary N) is 1. The summed E-state index contributed by atoms with van der Waals surface area (Å²) in [4.78, 5) is 0. The summed E-state index contributed by atoms with van der Waals surface area (Å²) < 4.78 is 0. The first-order valence-corrected chi connectivity index (χ1v) is 4.84. The van der Waals surface area contributed by atoms with Gasteiger partial charge in [-0.25, -0.2) is 0 Å². The zero-order chi connectivity index (χ0) is 8.53. The standard InChI is InChI=1S/C5H11N.C5H11/c6-4-3-5-1-2-5;1-3-5-4-2/h5H,1-4,6H2;1,3-5H2,2H3. The van der Waals surface area contributed by atoms with Crippen LogP contribution in [0.2, 0.25) is 0 Å². The molecule has 0 aliphatic heterocycles. The summed E-state index contributed by atoms with van der Waals surface area (Å²) in [6.45, 7) is 6.74. The van der Waals surface area contributed by atoms with E-state index in [0.717, 1.165) is 18.9 Å². The van der Waals surface area contributed by atoms with Crippen LogP contribution in [0, 0.1) is 12.8 Å².